The van der Waals surface area contributed by atoms with E-state index in [1.807, 2.05) is 4.90 Å². The van der Waals surface area contributed by atoms with Gasteiger partial charge in [0.1, 0.15) is 0 Å². The van der Waals surface area contributed by atoms with Gasteiger partial charge in [0.15, 0.2) is 0 Å². The fourth-order valence-corrected chi connectivity index (χ4v) is 3.25. The van der Waals surface area contributed by atoms with Crippen molar-refractivity contribution in [1.82, 2.24) is 10.2 Å². The van der Waals surface area contributed by atoms with Crippen molar-refractivity contribution in [2.75, 3.05) is 38.0 Å². The van der Waals surface area contributed by atoms with Crippen LogP contribution in [0.25, 0.3) is 0 Å². The standard InChI is InChI=1S/C14H19F2N3O3S.ClH/c15-14(16)23(21,22)12-5-2-1-4-11(12)18-13(20)10-19-8-3-6-17-7-9-19;/h1-2,4-5,14,17H,3,6-10H2,(H,18,20);1H. The van der Waals surface area contributed by atoms with Crippen molar-refractivity contribution in [3.05, 3.63) is 24.3 Å². The Morgan fingerprint density at radius 2 is 1.96 bits per heavy atom. The Balaban J connectivity index is 0.00000288. The van der Waals surface area contributed by atoms with Gasteiger partial charge in [-0.1, -0.05) is 12.1 Å². The summed E-state index contributed by atoms with van der Waals surface area (Å²) in [6, 6.07) is 5.19. The molecule has 1 saturated heterocycles. The fourth-order valence-electron chi connectivity index (χ4n) is 2.37. The molecule has 6 nitrogen and oxygen atoms in total. The highest BCUT2D eigenvalue weighted by molar-refractivity contribution is 7.91. The summed E-state index contributed by atoms with van der Waals surface area (Å²) in [5.74, 6) is -3.96. The van der Waals surface area contributed by atoms with Crippen LogP contribution in [0, 0.1) is 0 Å². The maximum Gasteiger partial charge on any atom is 0.341 e. The molecule has 1 amide bonds. The smallest absolute Gasteiger partial charge is 0.324 e. The molecule has 1 aromatic rings. The molecule has 10 heteroatoms. The number of hydrogen-bond acceptors (Lipinski definition) is 5. The number of sulfone groups is 1. The third kappa shape index (κ3) is 5.37. The lowest BCUT2D eigenvalue weighted by molar-refractivity contribution is -0.117. The van der Waals surface area contributed by atoms with E-state index in [9.17, 15) is 22.0 Å². The van der Waals surface area contributed by atoms with Gasteiger partial charge in [-0.2, -0.15) is 8.78 Å². The first-order valence-corrected chi connectivity index (χ1v) is 8.80. The maximum absolute atomic E-state index is 12.7. The van der Waals surface area contributed by atoms with Gasteiger partial charge < -0.3 is 10.6 Å². The summed E-state index contributed by atoms with van der Waals surface area (Å²) >= 11 is 0. The number of amides is 1. The molecule has 0 bridgehead atoms. The number of halogens is 3. The summed E-state index contributed by atoms with van der Waals surface area (Å²) in [7, 11) is -4.76. The van der Waals surface area contributed by atoms with Crippen LogP contribution in [0.1, 0.15) is 6.42 Å². The quantitative estimate of drug-likeness (QED) is 0.802. The average Bonchev–Trinajstić information content (AvgIpc) is 2.76. The van der Waals surface area contributed by atoms with Crippen molar-refractivity contribution in [3.63, 3.8) is 0 Å². The lowest BCUT2D eigenvalue weighted by Gasteiger charge is -2.19. The first kappa shape index (κ1) is 20.8. The minimum absolute atomic E-state index is 0. The molecule has 136 valence electrons. The van der Waals surface area contributed by atoms with Gasteiger partial charge in [0, 0.05) is 13.1 Å². The molecule has 0 saturated carbocycles. The fraction of sp³-hybridized carbons (Fsp3) is 0.500. The van der Waals surface area contributed by atoms with E-state index in [2.05, 4.69) is 10.6 Å². The normalized spacial score (nSPS) is 16.3. The molecule has 2 N–H and O–H groups in total. The van der Waals surface area contributed by atoms with Crippen molar-refractivity contribution in [2.45, 2.75) is 17.1 Å². The predicted molar refractivity (Wildman–Crippen MR) is 89.4 cm³/mol. The van der Waals surface area contributed by atoms with E-state index < -0.39 is 26.4 Å². The van der Waals surface area contributed by atoms with Gasteiger partial charge in [-0.3, -0.25) is 9.69 Å². The van der Waals surface area contributed by atoms with Crippen LogP contribution in [0.15, 0.2) is 29.2 Å². The summed E-state index contributed by atoms with van der Waals surface area (Å²) in [6.07, 6.45) is 0.906. The first-order chi connectivity index (χ1) is 10.9. The molecule has 0 aromatic heterocycles. The molecule has 0 spiro atoms. The lowest BCUT2D eigenvalue weighted by atomic mass is 10.3. The molecule has 1 aliphatic heterocycles. The zero-order valence-corrected chi connectivity index (χ0v) is 14.5. The van der Waals surface area contributed by atoms with Crippen molar-refractivity contribution in [3.8, 4) is 0 Å². The van der Waals surface area contributed by atoms with Crippen molar-refractivity contribution in [1.29, 1.82) is 0 Å². The molecule has 0 aliphatic carbocycles. The number of benzene rings is 1. The number of nitrogens with zero attached hydrogens (tertiary/aromatic N) is 1. The monoisotopic (exact) mass is 383 g/mol. The maximum atomic E-state index is 12.7. The van der Waals surface area contributed by atoms with Gasteiger partial charge >= 0.3 is 5.76 Å². The number of rotatable bonds is 5. The second-order valence-electron chi connectivity index (χ2n) is 5.23. The van der Waals surface area contributed by atoms with Crippen LogP contribution in [0.5, 0.6) is 0 Å². The van der Waals surface area contributed by atoms with Crippen LogP contribution in [0.4, 0.5) is 14.5 Å². The number of hydrogen-bond donors (Lipinski definition) is 2. The van der Waals surface area contributed by atoms with E-state index in [0.717, 1.165) is 32.1 Å². The van der Waals surface area contributed by atoms with Crippen LogP contribution in [0.3, 0.4) is 0 Å². The van der Waals surface area contributed by atoms with Crippen LogP contribution in [-0.2, 0) is 14.6 Å². The summed E-state index contributed by atoms with van der Waals surface area (Å²) in [4.78, 5) is 13.4. The number of nitrogens with one attached hydrogen (secondary N) is 2. The largest absolute Gasteiger partial charge is 0.341 e. The number of carbonyl (C=O) groups excluding carboxylic acids is 1. The number of para-hydroxylation sites is 1. The zero-order chi connectivity index (χ0) is 16.9. The number of anilines is 1. The molecule has 24 heavy (non-hydrogen) atoms. The van der Waals surface area contributed by atoms with Crippen molar-refractivity contribution in [2.24, 2.45) is 0 Å². The Bertz CT molecular complexity index is 650. The molecule has 1 fully saturated rings. The summed E-state index contributed by atoms with van der Waals surface area (Å²) in [6.45, 7) is 3.18. The highest BCUT2D eigenvalue weighted by atomic mass is 35.5. The minimum Gasteiger partial charge on any atom is -0.324 e. The highest BCUT2D eigenvalue weighted by Crippen LogP contribution is 2.26. The molecule has 0 atom stereocenters. The molecular weight excluding hydrogens is 364 g/mol. The molecule has 2 rings (SSSR count). The van der Waals surface area contributed by atoms with E-state index >= 15 is 0 Å². The van der Waals surface area contributed by atoms with Gasteiger partial charge in [-0.05, 0) is 31.6 Å². The zero-order valence-electron chi connectivity index (χ0n) is 12.9. The Morgan fingerprint density at radius 3 is 2.67 bits per heavy atom. The van der Waals surface area contributed by atoms with Gasteiger partial charge in [0.2, 0.25) is 15.7 Å². The lowest BCUT2D eigenvalue weighted by Crippen LogP contribution is -2.35. The minimum atomic E-state index is -4.76. The second-order valence-corrected chi connectivity index (χ2v) is 7.12. The molecule has 1 aliphatic rings. The van der Waals surface area contributed by atoms with Crippen molar-refractivity contribution < 1.29 is 22.0 Å². The van der Waals surface area contributed by atoms with Gasteiger partial charge in [-0.15, -0.1) is 12.4 Å². The third-order valence-electron chi connectivity index (χ3n) is 3.50. The van der Waals surface area contributed by atoms with E-state index in [-0.39, 0.29) is 24.6 Å². The molecular formula is C14H20ClF2N3O3S. The average molecular weight is 384 g/mol. The number of alkyl halides is 2. The van der Waals surface area contributed by atoms with E-state index in [0.29, 0.717) is 6.54 Å². The Morgan fingerprint density at radius 1 is 1.25 bits per heavy atom. The van der Waals surface area contributed by atoms with Crippen LogP contribution < -0.4 is 10.6 Å². The molecule has 1 aromatic carbocycles. The van der Waals surface area contributed by atoms with Crippen LogP contribution >= 0.6 is 12.4 Å². The Labute approximate surface area is 145 Å². The second kappa shape index (κ2) is 9.26. The Kier molecular flexibility index (Phi) is 8.01. The van der Waals surface area contributed by atoms with Gasteiger partial charge in [-0.25, -0.2) is 8.42 Å². The summed E-state index contributed by atoms with van der Waals surface area (Å²) in [5, 5.41) is 5.63. The van der Waals surface area contributed by atoms with Gasteiger partial charge in [0.25, 0.3) is 0 Å². The SMILES string of the molecule is Cl.O=C(CN1CCCNCC1)Nc1ccccc1S(=O)(=O)C(F)F. The molecule has 0 unspecified atom stereocenters. The van der Waals surface area contributed by atoms with E-state index in [1.54, 1.807) is 0 Å². The number of carbonyl (C=O) groups is 1. The Hall–Kier alpha value is -1.29. The predicted octanol–water partition coefficient (Wildman–Crippen LogP) is 1.34. The topological polar surface area (TPSA) is 78.5 Å². The van der Waals surface area contributed by atoms with Gasteiger partial charge in [0.05, 0.1) is 17.1 Å². The van der Waals surface area contributed by atoms with Crippen molar-refractivity contribution >= 4 is 33.8 Å². The van der Waals surface area contributed by atoms with E-state index in [4.69, 9.17) is 0 Å². The highest BCUT2D eigenvalue weighted by Gasteiger charge is 2.29. The summed E-state index contributed by atoms with van der Waals surface area (Å²) < 4.78 is 48.7. The molecule has 0 radical (unpaired) electrons. The first-order valence-electron chi connectivity index (χ1n) is 7.25. The third-order valence-corrected chi connectivity index (χ3v) is 4.94. The van der Waals surface area contributed by atoms with Crippen LogP contribution in [-0.4, -0.2) is 57.7 Å². The molecule has 1 heterocycles. The van der Waals surface area contributed by atoms with E-state index in [1.165, 1.54) is 18.2 Å². The van der Waals surface area contributed by atoms with Crippen LogP contribution in [0.2, 0.25) is 0 Å². The summed E-state index contributed by atoms with van der Waals surface area (Å²) in [5.41, 5.74) is -0.120.